The van der Waals surface area contributed by atoms with E-state index >= 15 is 0 Å². The van der Waals surface area contributed by atoms with Crippen LogP contribution in [0.2, 0.25) is 0 Å². The lowest BCUT2D eigenvalue weighted by molar-refractivity contribution is 0.0374. The Labute approximate surface area is 130 Å². The second-order valence-corrected chi connectivity index (χ2v) is 5.91. The number of carbonyl (C=O) groups excluding carboxylic acids is 1. The summed E-state index contributed by atoms with van der Waals surface area (Å²) in [7, 11) is 0. The molecular weight excluding hydrogens is 276 g/mol. The molecule has 1 aliphatic rings. The molecule has 2 atom stereocenters. The lowest BCUT2D eigenvalue weighted by atomic mass is 9.79. The largest absolute Gasteiger partial charge is 0.461 e. The normalized spacial score (nSPS) is 24.1. The van der Waals surface area contributed by atoms with Gasteiger partial charge in [-0.2, -0.15) is 0 Å². The average molecular weight is 296 g/mol. The Morgan fingerprint density at radius 1 is 1.14 bits per heavy atom. The maximum Gasteiger partial charge on any atom is 0.338 e. The van der Waals surface area contributed by atoms with Crippen molar-refractivity contribution < 1.29 is 14.3 Å². The molecule has 0 N–H and O–H groups in total. The first kappa shape index (κ1) is 14.8. The molecule has 0 spiro atoms. The molecule has 2 aromatic rings. The first-order valence-corrected chi connectivity index (χ1v) is 7.59. The van der Waals surface area contributed by atoms with E-state index in [0.717, 1.165) is 6.42 Å². The Kier molecular flexibility index (Phi) is 4.25. The Balaban J connectivity index is 1.76. The summed E-state index contributed by atoms with van der Waals surface area (Å²) in [5.74, 6) is -0.282. The number of hydrogen-bond donors (Lipinski definition) is 0. The molecule has 1 saturated heterocycles. The fourth-order valence-electron chi connectivity index (χ4n) is 3.01. The maximum atomic E-state index is 12.2. The number of carbonyl (C=O) groups is 1. The minimum atomic E-state index is -0.282. The standard InChI is InChI=1S/C19H20O3/c1-15-12-19(13-21-15,17-10-6-3-7-11-17)14-22-18(20)16-8-4-2-5-9-16/h2-11,15H,12-14H2,1H3. The molecule has 1 heterocycles. The average Bonchev–Trinajstić information content (AvgIpc) is 2.97. The van der Waals surface area contributed by atoms with Crippen molar-refractivity contribution in [1.29, 1.82) is 0 Å². The highest BCUT2D eigenvalue weighted by molar-refractivity contribution is 5.89. The summed E-state index contributed by atoms with van der Waals surface area (Å²) in [6, 6.07) is 19.3. The van der Waals surface area contributed by atoms with Crippen LogP contribution in [0.5, 0.6) is 0 Å². The van der Waals surface area contributed by atoms with Crippen LogP contribution in [0, 0.1) is 0 Å². The van der Waals surface area contributed by atoms with Gasteiger partial charge in [-0.15, -0.1) is 0 Å². The molecule has 3 rings (SSSR count). The second kappa shape index (κ2) is 6.32. The van der Waals surface area contributed by atoms with Gasteiger partial charge in [0.2, 0.25) is 0 Å². The number of rotatable bonds is 4. The van der Waals surface area contributed by atoms with Crippen LogP contribution in [-0.2, 0) is 14.9 Å². The van der Waals surface area contributed by atoms with Gasteiger partial charge in [0.1, 0.15) is 6.61 Å². The van der Waals surface area contributed by atoms with Gasteiger partial charge < -0.3 is 9.47 Å². The number of hydrogen-bond acceptors (Lipinski definition) is 3. The van der Waals surface area contributed by atoms with E-state index in [0.29, 0.717) is 18.8 Å². The fraction of sp³-hybridized carbons (Fsp3) is 0.316. The van der Waals surface area contributed by atoms with Crippen molar-refractivity contribution in [3.63, 3.8) is 0 Å². The molecule has 114 valence electrons. The molecule has 0 radical (unpaired) electrons. The van der Waals surface area contributed by atoms with E-state index in [2.05, 4.69) is 19.1 Å². The minimum absolute atomic E-state index is 0.177. The second-order valence-electron chi connectivity index (χ2n) is 5.91. The first-order valence-electron chi connectivity index (χ1n) is 7.59. The van der Waals surface area contributed by atoms with E-state index in [1.54, 1.807) is 12.1 Å². The zero-order chi connectivity index (χ0) is 15.4. The van der Waals surface area contributed by atoms with Crippen LogP contribution in [0.25, 0.3) is 0 Å². The molecule has 1 fully saturated rings. The van der Waals surface area contributed by atoms with Crippen LogP contribution >= 0.6 is 0 Å². The molecule has 1 aliphatic heterocycles. The van der Waals surface area contributed by atoms with Crippen molar-refractivity contribution in [3.8, 4) is 0 Å². The van der Waals surface area contributed by atoms with E-state index in [9.17, 15) is 4.79 Å². The maximum absolute atomic E-state index is 12.2. The summed E-state index contributed by atoms with van der Waals surface area (Å²) in [5.41, 5.74) is 1.50. The highest BCUT2D eigenvalue weighted by Crippen LogP contribution is 2.36. The molecule has 2 aromatic carbocycles. The Hall–Kier alpha value is -2.13. The van der Waals surface area contributed by atoms with Gasteiger partial charge in [0.05, 0.1) is 23.7 Å². The smallest absolute Gasteiger partial charge is 0.338 e. The Bertz CT molecular complexity index is 624. The van der Waals surface area contributed by atoms with E-state index in [1.165, 1.54) is 5.56 Å². The molecule has 22 heavy (non-hydrogen) atoms. The van der Waals surface area contributed by atoms with Crippen molar-refractivity contribution in [2.75, 3.05) is 13.2 Å². The van der Waals surface area contributed by atoms with Crippen molar-refractivity contribution >= 4 is 5.97 Å². The van der Waals surface area contributed by atoms with Gasteiger partial charge in [-0.3, -0.25) is 0 Å². The molecule has 0 bridgehead atoms. The molecular formula is C19H20O3. The zero-order valence-corrected chi connectivity index (χ0v) is 12.7. The SMILES string of the molecule is CC1CC(COC(=O)c2ccccc2)(c2ccccc2)CO1. The topological polar surface area (TPSA) is 35.5 Å². The van der Waals surface area contributed by atoms with Crippen molar-refractivity contribution in [2.24, 2.45) is 0 Å². The summed E-state index contributed by atoms with van der Waals surface area (Å²) < 4.78 is 11.4. The molecule has 3 nitrogen and oxygen atoms in total. The third-order valence-electron chi connectivity index (χ3n) is 4.20. The fourth-order valence-corrected chi connectivity index (χ4v) is 3.01. The zero-order valence-electron chi connectivity index (χ0n) is 12.7. The molecule has 2 unspecified atom stereocenters. The van der Waals surface area contributed by atoms with E-state index in [1.807, 2.05) is 36.4 Å². The number of benzene rings is 2. The van der Waals surface area contributed by atoms with E-state index in [4.69, 9.17) is 9.47 Å². The summed E-state index contributed by atoms with van der Waals surface area (Å²) in [6.45, 7) is 2.99. The molecule has 3 heteroatoms. The first-order chi connectivity index (χ1) is 10.7. The minimum Gasteiger partial charge on any atom is -0.461 e. The van der Waals surface area contributed by atoms with E-state index in [-0.39, 0.29) is 17.5 Å². The summed E-state index contributed by atoms with van der Waals surface area (Å²) >= 11 is 0. The van der Waals surface area contributed by atoms with Crippen LogP contribution in [0.1, 0.15) is 29.3 Å². The summed E-state index contributed by atoms with van der Waals surface area (Å²) in [5, 5.41) is 0. The summed E-state index contributed by atoms with van der Waals surface area (Å²) in [4.78, 5) is 12.2. The van der Waals surface area contributed by atoms with Crippen molar-refractivity contribution in [1.82, 2.24) is 0 Å². The van der Waals surface area contributed by atoms with Gasteiger partial charge >= 0.3 is 5.97 Å². The third-order valence-corrected chi connectivity index (χ3v) is 4.20. The van der Waals surface area contributed by atoms with Gasteiger partial charge in [0.25, 0.3) is 0 Å². The van der Waals surface area contributed by atoms with Gasteiger partial charge in [0.15, 0.2) is 0 Å². The van der Waals surface area contributed by atoms with E-state index < -0.39 is 0 Å². The lowest BCUT2D eigenvalue weighted by Crippen LogP contribution is -2.34. The van der Waals surface area contributed by atoms with Crippen LogP contribution in [0.3, 0.4) is 0 Å². The molecule has 0 aromatic heterocycles. The van der Waals surface area contributed by atoms with Gasteiger partial charge in [-0.05, 0) is 31.0 Å². The monoisotopic (exact) mass is 296 g/mol. The van der Waals surface area contributed by atoms with Crippen molar-refractivity contribution in [2.45, 2.75) is 24.9 Å². The van der Waals surface area contributed by atoms with Gasteiger partial charge in [-0.25, -0.2) is 4.79 Å². The highest BCUT2D eigenvalue weighted by atomic mass is 16.5. The number of ether oxygens (including phenoxy) is 2. The van der Waals surface area contributed by atoms with Crippen LogP contribution in [0.4, 0.5) is 0 Å². The van der Waals surface area contributed by atoms with Crippen LogP contribution in [0.15, 0.2) is 60.7 Å². The quantitative estimate of drug-likeness (QED) is 0.809. The third kappa shape index (κ3) is 3.04. The molecule has 0 aliphatic carbocycles. The highest BCUT2D eigenvalue weighted by Gasteiger charge is 2.41. The predicted molar refractivity (Wildman–Crippen MR) is 84.9 cm³/mol. The van der Waals surface area contributed by atoms with Crippen LogP contribution in [-0.4, -0.2) is 25.3 Å². The van der Waals surface area contributed by atoms with Crippen molar-refractivity contribution in [3.05, 3.63) is 71.8 Å². The Morgan fingerprint density at radius 3 is 2.36 bits per heavy atom. The van der Waals surface area contributed by atoms with Crippen LogP contribution < -0.4 is 0 Å². The summed E-state index contributed by atoms with van der Waals surface area (Å²) in [6.07, 6.45) is 1.04. The van der Waals surface area contributed by atoms with Gasteiger partial charge in [-0.1, -0.05) is 48.5 Å². The molecule has 0 saturated carbocycles. The Morgan fingerprint density at radius 2 is 1.77 bits per heavy atom. The predicted octanol–water partition coefficient (Wildman–Crippen LogP) is 3.59. The van der Waals surface area contributed by atoms with Gasteiger partial charge in [0, 0.05) is 0 Å². The molecule has 0 amide bonds. The lowest BCUT2D eigenvalue weighted by Gasteiger charge is -2.27. The number of esters is 1.